The SMILES string of the molecule is CNCc1ccc(C)cc1-c1ccoc1. The molecule has 1 heterocycles. The zero-order valence-electron chi connectivity index (χ0n) is 9.08. The van der Waals surface area contributed by atoms with E-state index in [9.17, 15) is 0 Å². The van der Waals surface area contributed by atoms with Crippen LogP contribution in [0.5, 0.6) is 0 Å². The summed E-state index contributed by atoms with van der Waals surface area (Å²) < 4.78 is 5.12. The van der Waals surface area contributed by atoms with Crippen LogP contribution in [-0.2, 0) is 6.54 Å². The zero-order chi connectivity index (χ0) is 10.7. The van der Waals surface area contributed by atoms with Gasteiger partial charge in [-0.05, 0) is 31.2 Å². The summed E-state index contributed by atoms with van der Waals surface area (Å²) in [6.45, 7) is 2.98. The molecular weight excluding hydrogens is 186 g/mol. The quantitative estimate of drug-likeness (QED) is 0.825. The third-order valence-corrected chi connectivity index (χ3v) is 2.46. The Kier molecular flexibility index (Phi) is 2.88. The molecule has 0 radical (unpaired) electrons. The molecular formula is C13H15NO. The predicted molar refractivity (Wildman–Crippen MR) is 61.6 cm³/mol. The first kappa shape index (κ1) is 9.99. The Labute approximate surface area is 89.9 Å². The van der Waals surface area contributed by atoms with Crippen molar-refractivity contribution in [1.29, 1.82) is 0 Å². The summed E-state index contributed by atoms with van der Waals surface area (Å²) >= 11 is 0. The maximum absolute atomic E-state index is 5.12. The van der Waals surface area contributed by atoms with Crippen molar-refractivity contribution in [3.8, 4) is 11.1 Å². The van der Waals surface area contributed by atoms with Gasteiger partial charge in [0.1, 0.15) is 0 Å². The lowest BCUT2D eigenvalue weighted by atomic mass is 10.00. The minimum absolute atomic E-state index is 0.876. The first-order valence-corrected chi connectivity index (χ1v) is 5.08. The smallest absolute Gasteiger partial charge is 0.0981 e. The summed E-state index contributed by atoms with van der Waals surface area (Å²) in [4.78, 5) is 0. The van der Waals surface area contributed by atoms with Crippen LogP contribution >= 0.6 is 0 Å². The van der Waals surface area contributed by atoms with Crippen LogP contribution in [-0.4, -0.2) is 7.05 Å². The standard InChI is InChI=1S/C13H15NO/c1-10-3-4-11(8-14-2)13(7-10)12-5-6-15-9-12/h3-7,9,14H,8H2,1-2H3. The van der Waals surface area contributed by atoms with Gasteiger partial charge in [0.05, 0.1) is 12.5 Å². The van der Waals surface area contributed by atoms with Crippen molar-refractivity contribution >= 4 is 0 Å². The van der Waals surface area contributed by atoms with E-state index in [2.05, 4.69) is 30.4 Å². The monoisotopic (exact) mass is 201 g/mol. The lowest BCUT2D eigenvalue weighted by Crippen LogP contribution is -2.06. The Morgan fingerprint density at radius 2 is 2.13 bits per heavy atom. The van der Waals surface area contributed by atoms with Gasteiger partial charge in [-0.25, -0.2) is 0 Å². The summed E-state index contributed by atoms with van der Waals surface area (Å²) in [5.74, 6) is 0. The summed E-state index contributed by atoms with van der Waals surface area (Å²) in [6.07, 6.45) is 3.49. The normalized spacial score (nSPS) is 10.5. The summed E-state index contributed by atoms with van der Waals surface area (Å²) in [5.41, 5.74) is 4.96. The first-order chi connectivity index (χ1) is 7.31. The van der Waals surface area contributed by atoms with Crippen LogP contribution in [0, 0.1) is 6.92 Å². The van der Waals surface area contributed by atoms with Crippen molar-refractivity contribution in [1.82, 2.24) is 5.32 Å². The number of benzene rings is 1. The highest BCUT2D eigenvalue weighted by atomic mass is 16.3. The Hall–Kier alpha value is -1.54. The average molecular weight is 201 g/mol. The van der Waals surface area contributed by atoms with Crippen molar-refractivity contribution in [2.24, 2.45) is 0 Å². The van der Waals surface area contributed by atoms with E-state index in [0.717, 1.165) is 12.1 Å². The Bertz CT molecular complexity index is 432. The average Bonchev–Trinajstić information content (AvgIpc) is 2.74. The van der Waals surface area contributed by atoms with Crippen molar-refractivity contribution in [3.63, 3.8) is 0 Å². The van der Waals surface area contributed by atoms with Gasteiger partial charge in [-0.3, -0.25) is 0 Å². The minimum Gasteiger partial charge on any atom is -0.472 e. The van der Waals surface area contributed by atoms with Crippen LogP contribution in [0.25, 0.3) is 11.1 Å². The molecule has 0 aliphatic rings. The van der Waals surface area contributed by atoms with Gasteiger partial charge in [-0.15, -0.1) is 0 Å². The molecule has 2 nitrogen and oxygen atoms in total. The lowest BCUT2D eigenvalue weighted by Gasteiger charge is -2.08. The molecule has 0 saturated carbocycles. The van der Waals surface area contributed by atoms with Gasteiger partial charge in [-0.2, -0.15) is 0 Å². The van der Waals surface area contributed by atoms with Gasteiger partial charge in [0.15, 0.2) is 0 Å². The third-order valence-electron chi connectivity index (χ3n) is 2.46. The van der Waals surface area contributed by atoms with Gasteiger partial charge in [0, 0.05) is 12.1 Å². The van der Waals surface area contributed by atoms with Crippen LogP contribution in [0.1, 0.15) is 11.1 Å². The molecule has 0 aliphatic heterocycles. The maximum atomic E-state index is 5.12. The number of hydrogen-bond donors (Lipinski definition) is 1. The molecule has 0 spiro atoms. The van der Waals surface area contributed by atoms with Crippen LogP contribution in [0.15, 0.2) is 41.2 Å². The predicted octanol–water partition coefficient (Wildman–Crippen LogP) is 2.97. The van der Waals surface area contributed by atoms with Crippen molar-refractivity contribution in [2.75, 3.05) is 7.05 Å². The molecule has 0 unspecified atom stereocenters. The number of nitrogens with one attached hydrogen (secondary N) is 1. The number of hydrogen-bond acceptors (Lipinski definition) is 2. The molecule has 15 heavy (non-hydrogen) atoms. The van der Waals surface area contributed by atoms with Gasteiger partial charge in [0.2, 0.25) is 0 Å². The van der Waals surface area contributed by atoms with Crippen LogP contribution in [0.2, 0.25) is 0 Å². The highest BCUT2D eigenvalue weighted by Crippen LogP contribution is 2.25. The van der Waals surface area contributed by atoms with Crippen molar-refractivity contribution < 1.29 is 4.42 Å². The Morgan fingerprint density at radius 3 is 2.80 bits per heavy atom. The molecule has 1 aromatic carbocycles. The van der Waals surface area contributed by atoms with E-state index >= 15 is 0 Å². The molecule has 0 atom stereocenters. The topological polar surface area (TPSA) is 25.2 Å². The van der Waals surface area contributed by atoms with Crippen LogP contribution in [0.3, 0.4) is 0 Å². The molecule has 1 aromatic heterocycles. The summed E-state index contributed by atoms with van der Waals surface area (Å²) in [7, 11) is 1.96. The fourth-order valence-electron chi connectivity index (χ4n) is 1.72. The van der Waals surface area contributed by atoms with Crippen LogP contribution in [0.4, 0.5) is 0 Å². The fraction of sp³-hybridized carbons (Fsp3) is 0.231. The largest absolute Gasteiger partial charge is 0.472 e. The van der Waals surface area contributed by atoms with Crippen molar-refractivity contribution in [2.45, 2.75) is 13.5 Å². The van der Waals surface area contributed by atoms with E-state index in [1.807, 2.05) is 13.1 Å². The molecule has 2 heteroatoms. The van der Waals surface area contributed by atoms with E-state index in [4.69, 9.17) is 4.42 Å². The van der Waals surface area contributed by atoms with Gasteiger partial charge >= 0.3 is 0 Å². The molecule has 0 bridgehead atoms. The third kappa shape index (κ3) is 2.10. The molecule has 0 saturated heterocycles. The van der Waals surface area contributed by atoms with E-state index in [1.54, 1.807) is 12.5 Å². The van der Waals surface area contributed by atoms with Gasteiger partial charge in [-0.1, -0.05) is 23.8 Å². The zero-order valence-corrected chi connectivity index (χ0v) is 9.08. The van der Waals surface area contributed by atoms with E-state index in [1.165, 1.54) is 16.7 Å². The molecule has 0 aliphatic carbocycles. The second-order valence-electron chi connectivity index (χ2n) is 3.70. The van der Waals surface area contributed by atoms with Gasteiger partial charge in [0.25, 0.3) is 0 Å². The number of rotatable bonds is 3. The van der Waals surface area contributed by atoms with E-state index in [0.29, 0.717) is 0 Å². The molecule has 2 aromatic rings. The second kappa shape index (κ2) is 4.32. The highest BCUT2D eigenvalue weighted by molar-refractivity contribution is 5.67. The second-order valence-corrected chi connectivity index (χ2v) is 3.70. The summed E-state index contributed by atoms with van der Waals surface area (Å²) in [6, 6.07) is 8.48. The van der Waals surface area contributed by atoms with Crippen LogP contribution < -0.4 is 5.32 Å². The Morgan fingerprint density at radius 1 is 1.27 bits per heavy atom. The molecule has 1 N–H and O–H groups in total. The van der Waals surface area contributed by atoms with Crippen molar-refractivity contribution in [3.05, 3.63) is 47.9 Å². The Balaban J connectivity index is 2.47. The van der Waals surface area contributed by atoms with Gasteiger partial charge < -0.3 is 9.73 Å². The summed E-state index contributed by atoms with van der Waals surface area (Å²) in [5, 5.41) is 3.18. The highest BCUT2D eigenvalue weighted by Gasteiger charge is 2.05. The minimum atomic E-state index is 0.876. The molecule has 78 valence electrons. The maximum Gasteiger partial charge on any atom is 0.0981 e. The molecule has 2 rings (SSSR count). The van der Waals surface area contributed by atoms with E-state index in [-0.39, 0.29) is 0 Å². The van der Waals surface area contributed by atoms with E-state index < -0.39 is 0 Å². The molecule has 0 amide bonds. The fourth-order valence-corrected chi connectivity index (χ4v) is 1.72. The number of aryl methyl sites for hydroxylation is 1. The first-order valence-electron chi connectivity index (χ1n) is 5.08. The molecule has 0 fully saturated rings. The number of furan rings is 1. The lowest BCUT2D eigenvalue weighted by molar-refractivity contribution is 0.568.